The first-order chi connectivity index (χ1) is 14.8. The molecule has 0 radical (unpaired) electrons. The van der Waals surface area contributed by atoms with Crippen LogP contribution in [0.3, 0.4) is 0 Å². The third-order valence-corrected chi connectivity index (χ3v) is 5.72. The molecule has 7 heteroatoms. The largest absolute Gasteiger partial charge is 0.492 e. The molecule has 1 N–H and O–H groups in total. The van der Waals surface area contributed by atoms with E-state index >= 15 is 0 Å². The number of amides is 2. The molecule has 2 aliphatic rings. The molecule has 1 aromatic carbocycles. The van der Waals surface area contributed by atoms with Gasteiger partial charge in [-0.1, -0.05) is 32.0 Å². The average molecular weight is 424 g/mol. The van der Waals surface area contributed by atoms with E-state index < -0.39 is 0 Å². The van der Waals surface area contributed by atoms with Crippen molar-refractivity contribution in [3.05, 3.63) is 58.9 Å². The Labute approximate surface area is 182 Å². The van der Waals surface area contributed by atoms with Crippen molar-refractivity contribution in [2.24, 2.45) is 11.8 Å². The Kier molecular flexibility index (Phi) is 7.05. The molecule has 1 aromatic rings. The van der Waals surface area contributed by atoms with Crippen molar-refractivity contribution in [2.45, 2.75) is 26.7 Å². The second kappa shape index (κ2) is 9.73. The summed E-state index contributed by atoms with van der Waals surface area (Å²) in [5, 5.41) is 2.78. The molecule has 3 rings (SSSR count). The van der Waals surface area contributed by atoms with Crippen molar-refractivity contribution in [1.29, 1.82) is 0 Å². The summed E-state index contributed by atoms with van der Waals surface area (Å²) in [5.74, 6) is -1.15. The molecule has 0 aromatic heterocycles. The predicted octanol–water partition coefficient (Wildman–Crippen LogP) is 2.29. The molecule has 0 atom stereocenters. The number of likely N-dealkylation sites (tertiary alicyclic amines) is 1. The van der Waals surface area contributed by atoms with Gasteiger partial charge in [-0.2, -0.15) is 0 Å². The number of nitrogens with zero attached hydrogens (tertiary/aromatic N) is 1. The van der Waals surface area contributed by atoms with Crippen LogP contribution in [-0.4, -0.2) is 55.0 Å². The van der Waals surface area contributed by atoms with Crippen LogP contribution in [-0.2, 0) is 19.1 Å². The van der Waals surface area contributed by atoms with Gasteiger partial charge in [-0.25, -0.2) is 0 Å². The number of hydrogen-bond acceptors (Lipinski definition) is 5. The van der Waals surface area contributed by atoms with Crippen LogP contribution in [0.2, 0.25) is 0 Å². The average Bonchev–Trinajstić information content (AvgIpc) is 2.78. The van der Waals surface area contributed by atoms with Crippen molar-refractivity contribution >= 4 is 23.4 Å². The van der Waals surface area contributed by atoms with E-state index in [4.69, 9.17) is 4.74 Å². The van der Waals surface area contributed by atoms with Gasteiger partial charge in [0.2, 0.25) is 11.7 Å². The molecule has 1 saturated heterocycles. The maximum Gasteiger partial charge on any atom is 0.253 e. The van der Waals surface area contributed by atoms with E-state index in [9.17, 15) is 19.2 Å². The highest BCUT2D eigenvalue weighted by atomic mass is 16.5. The number of benzene rings is 1. The monoisotopic (exact) mass is 424 g/mol. The highest BCUT2D eigenvalue weighted by molar-refractivity contribution is 6.22. The molecule has 7 nitrogen and oxygen atoms in total. The van der Waals surface area contributed by atoms with Crippen LogP contribution < -0.4 is 5.32 Å². The van der Waals surface area contributed by atoms with Crippen molar-refractivity contribution < 1.29 is 23.9 Å². The van der Waals surface area contributed by atoms with Gasteiger partial charge in [-0.3, -0.25) is 19.2 Å². The van der Waals surface area contributed by atoms with E-state index in [1.54, 1.807) is 17.0 Å². The normalized spacial score (nSPS) is 17.7. The van der Waals surface area contributed by atoms with Gasteiger partial charge in [0.1, 0.15) is 0 Å². The molecule has 0 bridgehead atoms. The fourth-order valence-electron chi connectivity index (χ4n) is 4.00. The predicted molar refractivity (Wildman–Crippen MR) is 115 cm³/mol. The zero-order chi connectivity index (χ0) is 22.5. The Hall–Kier alpha value is -3.22. The molecule has 1 fully saturated rings. The van der Waals surface area contributed by atoms with Crippen molar-refractivity contribution in [3.8, 4) is 0 Å². The minimum Gasteiger partial charge on any atom is -0.492 e. The second-order valence-corrected chi connectivity index (χ2v) is 8.11. The Morgan fingerprint density at radius 3 is 2.35 bits per heavy atom. The Morgan fingerprint density at radius 1 is 1.13 bits per heavy atom. The van der Waals surface area contributed by atoms with E-state index in [0.29, 0.717) is 37.1 Å². The quantitative estimate of drug-likeness (QED) is 0.708. The fraction of sp³-hybridized carbons (Fsp3) is 0.417. The van der Waals surface area contributed by atoms with Crippen molar-refractivity contribution in [3.63, 3.8) is 0 Å². The lowest BCUT2D eigenvalue weighted by atomic mass is 9.88. The minimum absolute atomic E-state index is 0.0230. The van der Waals surface area contributed by atoms with Gasteiger partial charge in [0.05, 0.1) is 7.11 Å². The number of Topliss-reactive ketones (excluding diaryl/α,β-unsaturated/α-hetero) is 1. The summed E-state index contributed by atoms with van der Waals surface area (Å²) < 4.78 is 5.19. The SMILES string of the molecule is COC1=C(C(C)C)C(=O)C=C(CNC(=O)C2CCN(C(=O)c3ccccc3)CC2)C1=O. The van der Waals surface area contributed by atoms with Crippen LogP contribution in [0.5, 0.6) is 0 Å². The molecular weight excluding hydrogens is 396 g/mol. The standard InChI is InChI=1S/C24H28N2O5/c1-15(2)20-19(27)13-18(21(28)22(20)31-3)14-25-23(29)16-9-11-26(12-10-16)24(30)17-7-5-4-6-8-17/h4-8,13,15-16H,9-12,14H2,1-3H3,(H,25,29). The number of ether oxygens (including phenoxy) is 1. The van der Waals surface area contributed by atoms with E-state index in [1.807, 2.05) is 32.0 Å². The molecule has 1 heterocycles. The first-order valence-electron chi connectivity index (χ1n) is 10.5. The second-order valence-electron chi connectivity index (χ2n) is 8.11. The third-order valence-electron chi connectivity index (χ3n) is 5.72. The lowest BCUT2D eigenvalue weighted by molar-refractivity contribution is -0.126. The highest BCUT2D eigenvalue weighted by Crippen LogP contribution is 2.25. The van der Waals surface area contributed by atoms with Crippen molar-refractivity contribution in [2.75, 3.05) is 26.7 Å². The van der Waals surface area contributed by atoms with Gasteiger partial charge in [0.15, 0.2) is 11.5 Å². The number of methoxy groups -OCH3 is 1. The van der Waals surface area contributed by atoms with E-state index in [1.165, 1.54) is 13.2 Å². The summed E-state index contributed by atoms with van der Waals surface area (Å²) in [5.41, 5.74) is 1.22. The molecule has 1 aliphatic carbocycles. The number of rotatable bonds is 6. The van der Waals surface area contributed by atoms with Crippen molar-refractivity contribution in [1.82, 2.24) is 10.2 Å². The number of allylic oxidation sites excluding steroid dienone is 3. The van der Waals surface area contributed by atoms with Crippen LogP contribution in [0.25, 0.3) is 0 Å². The molecule has 164 valence electrons. The van der Waals surface area contributed by atoms with Gasteiger partial charge < -0.3 is 15.0 Å². The Bertz CT molecular complexity index is 938. The summed E-state index contributed by atoms with van der Waals surface area (Å²) in [4.78, 5) is 52.0. The lowest BCUT2D eigenvalue weighted by Crippen LogP contribution is -2.43. The number of hydrogen-bond donors (Lipinski definition) is 1. The van der Waals surface area contributed by atoms with E-state index in [2.05, 4.69) is 5.32 Å². The van der Waals surface area contributed by atoms with Gasteiger partial charge in [-0.15, -0.1) is 0 Å². The van der Waals surface area contributed by atoms with Gasteiger partial charge in [0.25, 0.3) is 5.91 Å². The molecule has 0 saturated carbocycles. The van der Waals surface area contributed by atoms with Crippen LogP contribution >= 0.6 is 0 Å². The van der Waals surface area contributed by atoms with Gasteiger partial charge >= 0.3 is 0 Å². The molecule has 31 heavy (non-hydrogen) atoms. The summed E-state index contributed by atoms with van der Waals surface area (Å²) in [6.45, 7) is 4.63. The lowest BCUT2D eigenvalue weighted by Gasteiger charge is -2.31. The first kappa shape index (κ1) is 22.5. The maximum absolute atomic E-state index is 12.7. The molecule has 2 amide bonds. The zero-order valence-corrected chi connectivity index (χ0v) is 18.1. The van der Waals surface area contributed by atoms with Crippen LogP contribution in [0.15, 0.2) is 53.3 Å². The molecule has 0 unspecified atom stereocenters. The summed E-state index contributed by atoms with van der Waals surface area (Å²) in [6.07, 6.45) is 2.40. The highest BCUT2D eigenvalue weighted by Gasteiger charge is 2.32. The van der Waals surface area contributed by atoms with Gasteiger partial charge in [-0.05, 0) is 37.0 Å². The van der Waals surface area contributed by atoms with Crippen LogP contribution in [0, 0.1) is 11.8 Å². The topological polar surface area (TPSA) is 92.8 Å². The number of carbonyl (C=O) groups excluding carboxylic acids is 4. The summed E-state index contributed by atoms with van der Waals surface area (Å²) in [6, 6.07) is 9.08. The first-order valence-corrected chi connectivity index (χ1v) is 10.5. The van der Waals surface area contributed by atoms with Crippen LogP contribution in [0.1, 0.15) is 37.0 Å². The Morgan fingerprint density at radius 2 is 1.77 bits per heavy atom. The number of nitrogens with one attached hydrogen (secondary N) is 1. The number of ketones is 2. The van der Waals surface area contributed by atoms with E-state index in [0.717, 1.165) is 0 Å². The number of piperidine rings is 1. The van der Waals surface area contributed by atoms with Gasteiger partial charge in [0, 0.05) is 42.3 Å². The zero-order valence-electron chi connectivity index (χ0n) is 18.1. The minimum atomic E-state index is -0.366. The third kappa shape index (κ3) is 4.93. The fourth-order valence-corrected chi connectivity index (χ4v) is 4.00. The Balaban J connectivity index is 1.54. The summed E-state index contributed by atoms with van der Waals surface area (Å²) >= 11 is 0. The summed E-state index contributed by atoms with van der Waals surface area (Å²) in [7, 11) is 1.37. The number of carbonyl (C=O) groups is 4. The van der Waals surface area contributed by atoms with Crippen LogP contribution in [0.4, 0.5) is 0 Å². The molecule has 1 aliphatic heterocycles. The molecular formula is C24H28N2O5. The smallest absolute Gasteiger partial charge is 0.253 e. The van der Waals surface area contributed by atoms with E-state index in [-0.39, 0.29) is 53.1 Å². The molecule has 0 spiro atoms. The maximum atomic E-state index is 12.7.